The van der Waals surface area contributed by atoms with Crippen molar-refractivity contribution in [2.45, 2.75) is 69.9 Å². The molecule has 2 bridgehead atoms. The van der Waals surface area contributed by atoms with Crippen LogP contribution in [-0.2, 0) is 25.5 Å². The third kappa shape index (κ3) is 5.50. The molecule has 0 saturated carbocycles. The fraction of sp³-hybridized carbons (Fsp3) is 0.417. The number of allylic oxidation sites excluding steroid dienone is 2. The molecule has 6 rings (SSSR count). The number of fused-ring (bicyclic) bond motifs is 6. The summed E-state index contributed by atoms with van der Waals surface area (Å²) in [5, 5.41) is 30.5. The van der Waals surface area contributed by atoms with Crippen molar-refractivity contribution in [3.8, 4) is 17.6 Å². The molecule has 3 amide bonds. The number of hydrogen-bond donors (Lipinski definition) is 4. The first kappa shape index (κ1) is 33.7. The molecule has 0 radical (unpaired) electrons. The maximum atomic E-state index is 14.1. The summed E-state index contributed by atoms with van der Waals surface area (Å²) < 4.78 is 11.0. The van der Waals surface area contributed by atoms with Crippen molar-refractivity contribution in [3.05, 3.63) is 75.6 Å². The molecule has 0 unspecified atom stereocenters. The van der Waals surface area contributed by atoms with Crippen LogP contribution in [0.5, 0.6) is 11.5 Å². The van der Waals surface area contributed by atoms with Crippen LogP contribution in [0.25, 0.3) is 0 Å². The van der Waals surface area contributed by atoms with Crippen LogP contribution in [0.2, 0.25) is 0 Å². The van der Waals surface area contributed by atoms with Crippen LogP contribution in [0.15, 0.2) is 58.9 Å². The second kappa shape index (κ2) is 13.0. The van der Waals surface area contributed by atoms with Gasteiger partial charge in [0.15, 0.2) is 23.0 Å². The molecule has 6 atom stereocenters. The minimum atomic E-state index is -0.963. The Bertz CT molecular complexity index is 1850. The van der Waals surface area contributed by atoms with Gasteiger partial charge in [-0.05, 0) is 63.9 Å². The SMILES string of the molecule is COC1=C(C)C(=O)C2=C(C1=O)[C@H](CNC(=O)[C@H](C)NC(=O)Nc1ccccc1)N1[C@@H](C#N)[C@H]3Cc4cc(C)c(OC)c(O)c4[C@@H]([C@@H]1C2)N3C. The molecule has 0 aromatic heterocycles. The smallest absolute Gasteiger partial charge is 0.319 e. The number of hydrogen-bond acceptors (Lipinski definition) is 10. The van der Waals surface area contributed by atoms with E-state index in [4.69, 9.17) is 9.47 Å². The number of anilines is 1. The van der Waals surface area contributed by atoms with E-state index in [0.717, 1.165) is 11.1 Å². The number of phenolic OH excluding ortho intramolecular Hbond substituents is 1. The van der Waals surface area contributed by atoms with Crippen LogP contribution in [0, 0.1) is 18.3 Å². The third-order valence-corrected chi connectivity index (χ3v) is 10.3. The van der Waals surface area contributed by atoms with Crippen LogP contribution in [0.1, 0.15) is 43.0 Å². The number of aromatic hydroxyl groups is 1. The van der Waals surface area contributed by atoms with E-state index in [0.29, 0.717) is 29.0 Å². The van der Waals surface area contributed by atoms with Gasteiger partial charge in [-0.2, -0.15) is 5.26 Å². The molecule has 4 N–H and O–H groups in total. The number of aryl methyl sites for hydroxylation is 1. The number of rotatable bonds is 7. The van der Waals surface area contributed by atoms with Crippen molar-refractivity contribution in [2.75, 3.05) is 33.1 Å². The first-order chi connectivity index (χ1) is 23.4. The fourth-order valence-corrected chi connectivity index (χ4v) is 8.11. The van der Waals surface area contributed by atoms with E-state index in [2.05, 4.69) is 26.9 Å². The van der Waals surface area contributed by atoms with Gasteiger partial charge in [-0.15, -0.1) is 0 Å². The van der Waals surface area contributed by atoms with Crippen molar-refractivity contribution >= 4 is 29.2 Å². The lowest BCUT2D eigenvalue weighted by molar-refractivity contribution is -0.125. The Kier molecular flexibility index (Phi) is 8.96. The molecule has 13 nitrogen and oxygen atoms in total. The third-order valence-electron chi connectivity index (χ3n) is 10.3. The molecule has 1 fully saturated rings. The molecule has 4 aliphatic rings. The monoisotopic (exact) mass is 668 g/mol. The Morgan fingerprint density at radius 1 is 1.08 bits per heavy atom. The number of nitrogens with one attached hydrogen (secondary N) is 3. The number of ketones is 2. The van der Waals surface area contributed by atoms with Gasteiger partial charge in [0.25, 0.3) is 0 Å². The largest absolute Gasteiger partial charge is 0.504 e. The van der Waals surface area contributed by atoms with Crippen molar-refractivity contribution < 1.29 is 33.8 Å². The van der Waals surface area contributed by atoms with Crippen LogP contribution >= 0.6 is 0 Å². The maximum absolute atomic E-state index is 14.1. The van der Waals surface area contributed by atoms with Gasteiger partial charge in [0.05, 0.1) is 32.4 Å². The normalized spacial score (nSPS) is 25.4. The molecule has 1 saturated heterocycles. The van der Waals surface area contributed by atoms with Gasteiger partial charge in [-0.1, -0.05) is 24.3 Å². The Labute approximate surface area is 284 Å². The van der Waals surface area contributed by atoms with Gasteiger partial charge < -0.3 is 30.5 Å². The topological polar surface area (TPSA) is 173 Å². The number of piperazine rings is 1. The number of nitriles is 1. The number of amides is 3. The number of Topliss-reactive ketones (excluding diaryl/α,β-unsaturated/α-hetero) is 2. The van der Waals surface area contributed by atoms with Crippen LogP contribution in [0.4, 0.5) is 10.5 Å². The van der Waals surface area contributed by atoms with Gasteiger partial charge in [0.2, 0.25) is 11.7 Å². The summed E-state index contributed by atoms with van der Waals surface area (Å²) in [5.74, 6) is -1.05. The number of carbonyl (C=O) groups is 4. The molecular weight excluding hydrogens is 628 g/mol. The first-order valence-electron chi connectivity index (χ1n) is 16.2. The molecule has 3 heterocycles. The van der Waals surface area contributed by atoms with E-state index >= 15 is 0 Å². The summed E-state index contributed by atoms with van der Waals surface area (Å²) in [6.07, 6.45) is 0.575. The van der Waals surface area contributed by atoms with Crippen molar-refractivity contribution in [3.63, 3.8) is 0 Å². The Hall–Kier alpha value is -5.19. The number of benzene rings is 2. The maximum Gasteiger partial charge on any atom is 0.319 e. The molecule has 2 aromatic rings. The fourth-order valence-electron chi connectivity index (χ4n) is 8.11. The molecule has 13 heteroatoms. The van der Waals surface area contributed by atoms with Crippen LogP contribution < -0.4 is 20.7 Å². The van der Waals surface area contributed by atoms with Crippen LogP contribution in [0.3, 0.4) is 0 Å². The standard InChI is InChI=1S/C36H40N6O7/c1-17-12-20-13-23-25(15-37)42-24(29(41(23)4)27(20)31(44)33(17)48-5)14-22-28(32(45)34(49-6)18(2)30(22)43)26(42)16-38-35(46)19(3)39-36(47)40-21-10-8-7-9-11-21/h7-12,19,23-26,29,44H,13-14,16H2,1-6H3,(H,38,46)(H2,39,40,47)/t19-,23+,24-,25-,26-,29+/m0/s1. The van der Waals surface area contributed by atoms with Gasteiger partial charge >= 0.3 is 6.03 Å². The molecule has 1 aliphatic carbocycles. The van der Waals surface area contributed by atoms with Gasteiger partial charge in [-0.3, -0.25) is 24.2 Å². The Morgan fingerprint density at radius 2 is 1.80 bits per heavy atom. The van der Waals surface area contributed by atoms with Gasteiger partial charge in [-0.25, -0.2) is 4.79 Å². The highest BCUT2D eigenvalue weighted by Gasteiger charge is 2.57. The molecule has 0 spiro atoms. The quantitative estimate of drug-likeness (QED) is 0.321. The molecule has 2 aromatic carbocycles. The lowest BCUT2D eigenvalue weighted by Gasteiger charge is -2.60. The zero-order chi connectivity index (χ0) is 35.3. The predicted molar refractivity (Wildman–Crippen MR) is 179 cm³/mol. The van der Waals surface area contributed by atoms with Crippen molar-refractivity contribution in [1.82, 2.24) is 20.4 Å². The second-order valence-corrected chi connectivity index (χ2v) is 13.0. The highest BCUT2D eigenvalue weighted by atomic mass is 16.5. The minimum absolute atomic E-state index is 0.00487. The number of carbonyl (C=O) groups excluding carboxylic acids is 4. The summed E-state index contributed by atoms with van der Waals surface area (Å²) in [6, 6.07) is 8.73. The molecular formula is C36H40N6O7. The number of para-hydroxylation sites is 1. The van der Waals surface area contributed by atoms with E-state index in [9.17, 15) is 29.5 Å². The van der Waals surface area contributed by atoms with Gasteiger partial charge in [0, 0.05) is 46.6 Å². The average molecular weight is 669 g/mol. The molecule has 3 aliphatic heterocycles. The van der Waals surface area contributed by atoms with E-state index in [1.165, 1.54) is 21.1 Å². The number of urea groups is 1. The second-order valence-electron chi connectivity index (χ2n) is 13.0. The number of methoxy groups -OCH3 is 2. The van der Waals surface area contributed by atoms with E-state index in [1.54, 1.807) is 31.2 Å². The zero-order valence-corrected chi connectivity index (χ0v) is 28.3. The van der Waals surface area contributed by atoms with E-state index in [-0.39, 0.29) is 47.4 Å². The summed E-state index contributed by atoms with van der Waals surface area (Å²) in [5.41, 5.74) is 3.54. The van der Waals surface area contributed by atoms with Crippen molar-refractivity contribution in [1.29, 1.82) is 5.26 Å². The number of phenols is 1. The highest BCUT2D eigenvalue weighted by Crippen LogP contribution is 2.53. The number of nitrogens with zero attached hydrogens (tertiary/aromatic N) is 3. The number of ether oxygens (including phenoxy) is 2. The van der Waals surface area contributed by atoms with Gasteiger partial charge in [0.1, 0.15) is 12.1 Å². The Morgan fingerprint density at radius 3 is 2.45 bits per heavy atom. The summed E-state index contributed by atoms with van der Waals surface area (Å²) in [6.45, 7) is 4.81. The van der Waals surface area contributed by atoms with E-state index < -0.39 is 47.9 Å². The molecule has 49 heavy (non-hydrogen) atoms. The van der Waals surface area contributed by atoms with Crippen molar-refractivity contribution in [2.24, 2.45) is 0 Å². The number of likely N-dealkylation sites (N-methyl/N-ethyl adjacent to an activating group) is 1. The Balaban J connectivity index is 1.38. The average Bonchev–Trinajstić information content (AvgIpc) is 3.07. The molecule has 256 valence electrons. The first-order valence-corrected chi connectivity index (χ1v) is 16.2. The van der Waals surface area contributed by atoms with Crippen LogP contribution in [-0.4, -0.2) is 96.4 Å². The summed E-state index contributed by atoms with van der Waals surface area (Å²) in [7, 11) is 4.73. The zero-order valence-electron chi connectivity index (χ0n) is 28.3. The summed E-state index contributed by atoms with van der Waals surface area (Å²) >= 11 is 0. The summed E-state index contributed by atoms with van der Waals surface area (Å²) in [4.78, 5) is 58.0. The van der Waals surface area contributed by atoms with E-state index in [1.807, 2.05) is 31.0 Å². The minimum Gasteiger partial charge on any atom is -0.504 e. The lowest BCUT2D eigenvalue weighted by Crippen LogP contribution is -2.71. The predicted octanol–water partition coefficient (Wildman–Crippen LogP) is 2.65. The highest BCUT2D eigenvalue weighted by molar-refractivity contribution is 6.25. The lowest BCUT2D eigenvalue weighted by atomic mass is 9.69.